The normalized spacial score (nSPS) is 26.4. The fourth-order valence-corrected chi connectivity index (χ4v) is 3.47. The molecule has 0 aromatic rings. The van der Waals surface area contributed by atoms with Gasteiger partial charge in [0.1, 0.15) is 0 Å². The summed E-state index contributed by atoms with van der Waals surface area (Å²) in [4.78, 5) is 12.2. The summed E-state index contributed by atoms with van der Waals surface area (Å²) in [5, 5.41) is 13.0. The SMILES string of the molecule is CSCC(C)(O)CNC(=O)C1CCCCC1(C)C. The highest BCUT2D eigenvalue weighted by Crippen LogP contribution is 2.40. The molecule has 18 heavy (non-hydrogen) atoms. The molecule has 106 valence electrons. The Labute approximate surface area is 115 Å². The van der Waals surface area contributed by atoms with Gasteiger partial charge in [-0.2, -0.15) is 11.8 Å². The number of hydrogen-bond acceptors (Lipinski definition) is 3. The van der Waals surface area contributed by atoms with E-state index in [1.807, 2.05) is 6.26 Å². The van der Waals surface area contributed by atoms with Crippen LogP contribution in [0.4, 0.5) is 0 Å². The zero-order valence-corrected chi connectivity index (χ0v) is 12.9. The highest BCUT2D eigenvalue weighted by molar-refractivity contribution is 7.98. The van der Waals surface area contributed by atoms with Gasteiger partial charge in [-0.1, -0.05) is 26.7 Å². The Kier molecular flexibility index (Phi) is 5.53. The van der Waals surface area contributed by atoms with E-state index in [9.17, 15) is 9.90 Å². The van der Waals surface area contributed by atoms with Crippen LogP contribution in [0.3, 0.4) is 0 Å². The third kappa shape index (κ3) is 4.47. The molecule has 0 aromatic heterocycles. The number of carbonyl (C=O) groups excluding carboxylic acids is 1. The van der Waals surface area contributed by atoms with Gasteiger partial charge in [0.2, 0.25) is 5.91 Å². The molecule has 0 radical (unpaired) electrons. The van der Waals surface area contributed by atoms with E-state index in [2.05, 4.69) is 19.2 Å². The third-order valence-corrected chi connectivity index (χ3v) is 4.83. The van der Waals surface area contributed by atoms with Gasteiger partial charge in [0.05, 0.1) is 5.60 Å². The minimum atomic E-state index is -0.812. The molecule has 4 heteroatoms. The summed E-state index contributed by atoms with van der Waals surface area (Å²) >= 11 is 1.59. The van der Waals surface area contributed by atoms with Crippen LogP contribution in [0.15, 0.2) is 0 Å². The molecule has 0 saturated heterocycles. The van der Waals surface area contributed by atoms with Crippen LogP contribution in [0.25, 0.3) is 0 Å². The predicted molar refractivity (Wildman–Crippen MR) is 77.8 cm³/mol. The summed E-state index contributed by atoms with van der Waals surface area (Å²) < 4.78 is 0. The van der Waals surface area contributed by atoms with Crippen molar-refractivity contribution in [2.24, 2.45) is 11.3 Å². The van der Waals surface area contributed by atoms with E-state index in [-0.39, 0.29) is 17.2 Å². The van der Waals surface area contributed by atoms with Crippen LogP contribution in [-0.4, -0.2) is 35.2 Å². The Morgan fingerprint density at radius 1 is 1.50 bits per heavy atom. The van der Waals surface area contributed by atoms with Gasteiger partial charge in [0.25, 0.3) is 0 Å². The first-order valence-corrected chi connectivity index (χ1v) is 8.17. The van der Waals surface area contributed by atoms with Crippen molar-refractivity contribution in [3.63, 3.8) is 0 Å². The Morgan fingerprint density at radius 3 is 2.72 bits per heavy atom. The van der Waals surface area contributed by atoms with Crippen LogP contribution in [0.5, 0.6) is 0 Å². The second-order valence-electron chi connectivity index (χ2n) is 6.43. The van der Waals surface area contributed by atoms with E-state index in [0.717, 1.165) is 19.3 Å². The monoisotopic (exact) mass is 273 g/mol. The van der Waals surface area contributed by atoms with Crippen molar-refractivity contribution >= 4 is 17.7 Å². The standard InChI is InChI=1S/C14H27NO2S/c1-13(2)8-6-5-7-11(13)12(16)15-9-14(3,17)10-18-4/h11,17H,5-10H2,1-4H3,(H,15,16). The molecule has 2 unspecified atom stereocenters. The van der Waals surface area contributed by atoms with Gasteiger partial charge in [-0.05, 0) is 31.4 Å². The number of thioether (sulfide) groups is 1. The Hall–Kier alpha value is -0.220. The van der Waals surface area contributed by atoms with Crippen LogP contribution in [-0.2, 0) is 4.79 Å². The number of carbonyl (C=O) groups is 1. The first-order chi connectivity index (χ1) is 8.28. The fourth-order valence-electron chi connectivity index (χ4n) is 2.74. The number of aliphatic hydroxyl groups is 1. The lowest BCUT2D eigenvalue weighted by molar-refractivity contribution is -0.131. The molecule has 0 aromatic carbocycles. The summed E-state index contributed by atoms with van der Waals surface area (Å²) in [5.74, 6) is 0.846. The number of rotatable bonds is 5. The average molecular weight is 273 g/mol. The lowest BCUT2D eigenvalue weighted by Crippen LogP contribution is -2.47. The maximum Gasteiger partial charge on any atom is 0.223 e. The molecule has 1 aliphatic rings. The van der Waals surface area contributed by atoms with Crippen LogP contribution < -0.4 is 5.32 Å². The van der Waals surface area contributed by atoms with Crippen molar-refractivity contribution in [1.29, 1.82) is 0 Å². The average Bonchev–Trinajstić information content (AvgIpc) is 2.25. The second-order valence-corrected chi connectivity index (χ2v) is 7.30. The van der Waals surface area contributed by atoms with Gasteiger partial charge in [0.15, 0.2) is 0 Å². The molecular weight excluding hydrogens is 246 g/mol. The summed E-state index contributed by atoms with van der Waals surface area (Å²) in [5.41, 5.74) is -0.721. The summed E-state index contributed by atoms with van der Waals surface area (Å²) in [6.07, 6.45) is 6.42. The maximum absolute atomic E-state index is 12.2. The molecule has 1 fully saturated rings. The van der Waals surface area contributed by atoms with Crippen LogP contribution in [0.2, 0.25) is 0 Å². The minimum absolute atomic E-state index is 0.0910. The van der Waals surface area contributed by atoms with E-state index < -0.39 is 5.60 Å². The quantitative estimate of drug-likeness (QED) is 0.809. The smallest absolute Gasteiger partial charge is 0.223 e. The highest BCUT2D eigenvalue weighted by Gasteiger charge is 2.37. The molecular formula is C14H27NO2S. The lowest BCUT2D eigenvalue weighted by atomic mass is 9.68. The van der Waals surface area contributed by atoms with Gasteiger partial charge in [0, 0.05) is 18.2 Å². The summed E-state index contributed by atoms with van der Waals surface area (Å²) in [6, 6.07) is 0. The first kappa shape index (κ1) is 15.8. The number of hydrogen-bond donors (Lipinski definition) is 2. The molecule has 3 nitrogen and oxygen atoms in total. The zero-order valence-electron chi connectivity index (χ0n) is 12.1. The second kappa shape index (κ2) is 6.29. The van der Waals surface area contributed by atoms with Crippen molar-refractivity contribution in [1.82, 2.24) is 5.32 Å². The first-order valence-electron chi connectivity index (χ1n) is 6.77. The molecule has 1 saturated carbocycles. The van der Waals surface area contributed by atoms with Crippen LogP contribution in [0, 0.1) is 11.3 Å². The molecule has 1 amide bonds. The predicted octanol–water partition coefficient (Wildman–Crippen LogP) is 2.43. The van der Waals surface area contributed by atoms with Gasteiger partial charge in [-0.25, -0.2) is 0 Å². The molecule has 2 atom stereocenters. The largest absolute Gasteiger partial charge is 0.387 e. The van der Waals surface area contributed by atoms with Crippen molar-refractivity contribution in [3.8, 4) is 0 Å². The van der Waals surface area contributed by atoms with E-state index in [4.69, 9.17) is 0 Å². The van der Waals surface area contributed by atoms with Crippen molar-refractivity contribution in [3.05, 3.63) is 0 Å². The van der Waals surface area contributed by atoms with E-state index >= 15 is 0 Å². The maximum atomic E-state index is 12.2. The fraction of sp³-hybridized carbons (Fsp3) is 0.929. The van der Waals surface area contributed by atoms with Gasteiger partial charge in [-0.15, -0.1) is 0 Å². The third-order valence-electron chi connectivity index (χ3n) is 3.92. The summed E-state index contributed by atoms with van der Waals surface area (Å²) in [6.45, 7) is 6.47. The molecule has 0 spiro atoms. The van der Waals surface area contributed by atoms with Crippen LogP contribution >= 0.6 is 11.8 Å². The van der Waals surface area contributed by atoms with Gasteiger partial charge >= 0.3 is 0 Å². The molecule has 1 rings (SSSR count). The zero-order chi connectivity index (χ0) is 13.8. The van der Waals surface area contributed by atoms with E-state index in [1.165, 1.54) is 6.42 Å². The van der Waals surface area contributed by atoms with Crippen molar-refractivity contribution in [2.75, 3.05) is 18.6 Å². The molecule has 1 aliphatic carbocycles. The topological polar surface area (TPSA) is 49.3 Å². The van der Waals surface area contributed by atoms with Gasteiger partial charge < -0.3 is 10.4 Å². The van der Waals surface area contributed by atoms with Crippen LogP contribution in [0.1, 0.15) is 46.5 Å². The molecule has 2 N–H and O–H groups in total. The summed E-state index contributed by atoms with van der Waals surface area (Å²) in [7, 11) is 0. The van der Waals surface area contributed by atoms with Crippen molar-refractivity contribution in [2.45, 2.75) is 52.1 Å². The minimum Gasteiger partial charge on any atom is -0.387 e. The highest BCUT2D eigenvalue weighted by atomic mass is 32.2. The Morgan fingerprint density at radius 2 is 2.17 bits per heavy atom. The Bertz CT molecular complexity index is 290. The Balaban J connectivity index is 2.50. The number of amides is 1. The molecule has 0 aliphatic heterocycles. The molecule has 0 bridgehead atoms. The lowest BCUT2D eigenvalue weighted by Gasteiger charge is -2.38. The van der Waals surface area contributed by atoms with E-state index in [1.54, 1.807) is 18.7 Å². The van der Waals surface area contributed by atoms with E-state index in [0.29, 0.717) is 12.3 Å². The molecule has 0 heterocycles. The van der Waals surface area contributed by atoms with Gasteiger partial charge in [-0.3, -0.25) is 4.79 Å². The van der Waals surface area contributed by atoms with Crippen molar-refractivity contribution < 1.29 is 9.90 Å². The number of nitrogens with one attached hydrogen (secondary N) is 1.